The molecule has 24 heavy (non-hydrogen) atoms. The van der Waals surface area contributed by atoms with Gasteiger partial charge < -0.3 is 10.3 Å². The molecular weight excluding hydrogens is 306 g/mol. The summed E-state index contributed by atoms with van der Waals surface area (Å²) in [4.78, 5) is 24.9. The average molecular weight is 321 g/mol. The maximum atomic E-state index is 12.3. The Hall–Kier alpha value is -3.26. The normalized spacial score (nSPS) is 14.0. The number of carbonyl (C=O) groups excluding carboxylic acids is 1. The first-order chi connectivity index (χ1) is 11.7. The number of aromatic nitrogens is 4. The van der Waals surface area contributed by atoms with Gasteiger partial charge in [0, 0.05) is 50.2 Å². The van der Waals surface area contributed by atoms with Crippen molar-refractivity contribution in [3.8, 4) is 0 Å². The fraction of sp³-hybridized carbons (Fsp3) is 0.125. The Bertz CT molecular complexity index is 932. The van der Waals surface area contributed by atoms with Crippen LogP contribution in [0.3, 0.4) is 0 Å². The minimum Gasteiger partial charge on any atom is -0.318 e. The summed E-state index contributed by atoms with van der Waals surface area (Å²) in [6.45, 7) is 0.726. The van der Waals surface area contributed by atoms with Crippen molar-refractivity contribution in [2.24, 2.45) is 0 Å². The van der Waals surface area contributed by atoms with Crippen molar-refractivity contribution >= 4 is 22.9 Å². The van der Waals surface area contributed by atoms with Gasteiger partial charge in [-0.2, -0.15) is 0 Å². The predicted molar refractivity (Wildman–Crippen MR) is 88.9 cm³/mol. The molecule has 8 heteroatoms. The smallest absolute Gasteiger partial charge is 0.258 e. The number of amides is 1. The number of anilines is 1. The fourth-order valence-corrected chi connectivity index (χ4v) is 2.61. The predicted octanol–water partition coefficient (Wildman–Crippen LogP) is 1.17. The van der Waals surface area contributed by atoms with Gasteiger partial charge in [-0.05, 0) is 12.1 Å². The minimum atomic E-state index is -0.269. The van der Waals surface area contributed by atoms with Gasteiger partial charge >= 0.3 is 0 Å². The highest BCUT2D eigenvalue weighted by molar-refractivity contribution is 6.05. The highest BCUT2D eigenvalue weighted by atomic mass is 16.1. The van der Waals surface area contributed by atoms with Crippen LogP contribution in [-0.4, -0.2) is 43.9 Å². The zero-order valence-electron chi connectivity index (χ0n) is 13.0. The molecule has 2 N–H and O–H groups in total. The van der Waals surface area contributed by atoms with Crippen molar-refractivity contribution in [2.45, 2.75) is 0 Å². The number of fused-ring (bicyclic) bond motifs is 1. The van der Waals surface area contributed by atoms with Crippen LogP contribution in [-0.2, 0) is 0 Å². The summed E-state index contributed by atoms with van der Waals surface area (Å²) in [5.41, 5.74) is 6.34. The zero-order chi connectivity index (χ0) is 16.5. The second-order valence-electron chi connectivity index (χ2n) is 5.41. The molecule has 0 aromatic carbocycles. The van der Waals surface area contributed by atoms with Crippen molar-refractivity contribution in [1.82, 2.24) is 29.8 Å². The van der Waals surface area contributed by atoms with E-state index in [1.807, 2.05) is 28.9 Å². The number of hydrazine groups is 1. The van der Waals surface area contributed by atoms with Crippen LogP contribution in [0.5, 0.6) is 0 Å². The summed E-state index contributed by atoms with van der Waals surface area (Å²) in [5.74, 6) is 0.146. The molecule has 1 amide bonds. The molecule has 0 radical (unpaired) electrons. The summed E-state index contributed by atoms with van der Waals surface area (Å²) in [6, 6.07) is 3.41. The molecule has 0 saturated heterocycles. The number of nitrogens with one attached hydrogen (secondary N) is 2. The van der Waals surface area contributed by atoms with E-state index < -0.39 is 0 Å². The van der Waals surface area contributed by atoms with E-state index in [2.05, 4.69) is 25.7 Å². The molecular formula is C16H15N7O. The molecule has 8 nitrogen and oxygen atoms in total. The van der Waals surface area contributed by atoms with E-state index in [-0.39, 0.29) is 5.91 Å². The van der Waals surface area contributed by atoms with Gasteiger partial charge in [0.1, 0.15) is 0 Å². The van der Waals surface area contributed by atoms with Crippen LogP contribution in [0.15, 0.2) is 49.3 Å². The Balaban J connectivity index is 1.69. The lowest BCUT2D eigenvalue weighted by molar-refractivity contribution is 0.102. The topological polar surface area (TPSA) is 87.5 Å². The maximum absolute atomic E-state index is 12.3. The highest BCUT2D eigenvalue weighted by Gasteiger charge is 2.17. The minimum absolute atomic E-state index is 0.269. The molecule has 3 aromatic rings. The molecule has 0 unspecified atom stereocenters. The number of imidazole rings is 1. The summed E-state index contributed by atoms with van der Waals surface area (Å²) >= 11 is 0. The second kappa shape index (κ2) is 5.74. The van der Waals surface area contributed by atoms with E-state index in [0.29, 0.717) is 17.0 Å². The van der Waals surface area contributed by atoms with E-state index >= 15 is 0 Å². The third-order valence-corrected chi connectivity index (χ3v) is 3.78. The van der Waals surface area contributed by atoms with Crippen molar-refractivity contribution < 1.29 is 4.79 Å². The lowest BCUT2D eigenvalue weighted by Gasteiger charge is -2.06. The molecule has 0 spiro atoms. The number of rotatable bonds is 3. The van der Waals surface area contributed by atoms with Crippen LogP contribution in [0, 0.1) is 0 Å². The highest BCUT2D eigenvalue weighted by Crippen LogP contribution is 2.22. The van der Waals surface area contributed by atoms with Crippen molar-refractivity contribution in [2.75, 3.05) is 18.9 Å². The molecule has 0 aliphatic carbocycles. The molecule has 0 fully saturated rings. The van der Waals surface area contributed by atoms with E-state index in [1.165, 1.54) is 6.20 Å². The zero-order valence-corrected chi connectivity index (χ0v) is 13.0. The van der Waals surface area contributed by atoms with Crippen LogP contribution >= 0.6 is 0 Å². The van der Waals surface area contributed by atoms with Gasteiger partial charge in [0.25, 0.3) is 5.91 Å². The third-order valence-electron chi connectivity index (χ3n) is 3.78. The quantitative estimate of drug-likeness (QED) is 0.753. The first-order valence-corrected chi connectivity index (χ1v) is 7.43. The number of pyridine rings is 1. The van der Waals surface area contributed by atoms with Gasteiger partial charge in [0.2, 0.25) is 0 Å². The van der Waals surface area contributed by atoms with Crippen LogP contribution < -0.4 is 10.7 Å². The van der Waals surface area contributed by atoms with Crippen LogP contribution in [0.25, 0.3) is 11.2 Å². The number of hydrogen-bond donors (Lipinski definition) is 2. The van der Waals surface area contributed by atoms with Crippen LogP contribution in [0.2, 0.25) is 0 Å². The van der Waals surface area contributed by atoms with Gasteiger partial charge in [-0.1, -0.05) is 0 Å². The monoisotopic (exact) mass is 321 g/mol. The van der Waals surface area contributed by atoms with E-state index in [0.717, 1.165) is 17.8 Å². The summed E-state index contributed by atoms with van der Waals surface area (Å²) in [7, 11) is 1.94. The molecule has 0 atom stereocenters. The first-order valence-electron chi connectivity index (χ1n) is 7.43. The standard InChI is InChI=1S/C16H15N7O/c1-22-10-12(8-20-22)13-9-19-15-14(18-5-6-23(13)15)21-16(24)11-3-2-4-17-7-11/h2-7,9-10,20H,8H2,1H3,(H,18,21,24). The van der Waals surface area contributed by atoms with Gasteiger partial charge in [0.15, 0.2) is 11.5 Å². The van der Waals surface area contributed by atoms with Crippen molar-refractivity contribution in [3.05, 3.63) is 60.6 Å². The van der Waals surface area contributed by atoms with Gasteiger partial charge in [-0.15, -0.1) is 0 Å². The van der Waals surface area contributed by atoms with Crippen molar-refractivity contribution in [3.63, 3.8) is 0 Å². The maximum Gasteiger partial charge on any atom is 0.258 e. The Morgan fingerprint density at radius 3 is 2.96 bits per heavy atom. The second-order valence-corrected chi connectivity index (χ2v) is 5.41. The molecule has 4 heterocycles. The Labute approximate surface area is 137 Å². The molecule has 3 aromatic heterocycles. The largest absolute Gasteiger partial charge is 0.318 e. The first kappa shape index (κ1) is 14.3. The number of carbonyl (C=O) groups is 1. The molecule has 1 aliphatic heterocycles. The lowest BCUT2D eigenvalue weighted by Crippen LogP contribution is -2.23. The Kier molecular flexibility index (Phi) is 3.43. The average Bonchev–Trinajstić information content (AvgIpc) is 3.22. The Morgan fingerprint density at radius 1 is 1.29 bits per heavy atom. The summed E-state index contributed by atoms with van der Waals surface area (Å²) < 4.78 is 1.92. The van der Waals surface area contributed by atoms with Gasteiger partial charge in [-0.3, -0.25) is 14.2 Å². The van der Waals surface area contributed by atoms with Crippen LogP contribution in [0.1, 0.15) is 16.1 Å². The SMILES string of the molecule is CN1C=C(c2cnc3c(NC(=O)c4cccnc4)nccn23)CN1. The molecule has 0 bridgehead atoms. The lowest BCUT2D eigenvalue weighted by atomic mass is 10.2. The molecule has 120 valence electrons. The van der Waals surface area contributed by atoms with Crippen molar-refractivity contribution in [1.29, 1.82) is 0 Å². The van der Waals surface area contributed by atoms with Crippen LogP contribution in [0.4, 0.5) is 5.82 Å². The van der Waals surface area contributed by atoms with E-state index in [1.54, 1.807) is 30.7 Å². The summed E-state index contributed by atoms with van der Waals surface area (Å²) in [5, 5.41) is 4.70. The molecule has 4 rings (SSSR count). The Morgan fingerprint density at radius 2 is 2.21 bits per heavy atom. The number of nitrogens with zero attached hydrogens (tertiary/aromatic N) is 5. The molecule has 0 saturated carbocycles. The summed E-state index contributed by atoms with van der Waals surface area (Å²) in [6.07, 6.45) is 10.4. The van der Waals surface area contributed by atoms with Gasteiger partial charge in [-0.25, -0.2) is 15.4 Å². The van der Waals surface area contributed by atoms with E-state index in [4.69, 9.17) is 0 Å². The van der Waals surface area contributed by atoms with E-state index in [9.17, 15) is 4.79 Å². The fourth-order valence-electron chi connectivity index (χ4n) is 2.61. The van der Waals surface area contributed by atoms with Gasteiger partial charge in [0.05, 0.1) is 17.5 Å². The third kappa shape index (κ3) is 2.48. The molecule has 1 aliphatic rings. The number of hydrogen-bond acceptors (Lipinski definition) is 6.